The lowest BCUT2D eigenvalue weighted by Gasteiger charge is -2.44. The zero-order valence-corrected chi connectivity index (χ0v) is 24.2. The number of carbonyl (C=O) groups excluding carboxylic acids is 2. The molecule has 1 aliphatic rings. The second-order valence-corrected chi connectivity index (χ2v) is 11.2. The maximum absolute atomic E-state index is 13.3. The third kappa shape index (κ3) is 6.72. The zero-order chi connectivity index (χ0) is 27.4. The molecule has 1 aliphatic heterocycles. The smallest absolute Gasteiger partial charge is 0.260 e. The van der Waals surface area contributed by atoms with Gasteiger partial charge in [-0.05, 0) is 78.4 Å². The molecule has 0 aromatic heterocycles. The first kappa shape index (κ1) is 28.5. The van der Waals surface area contributed by atoms with Crippen LogP contribution in [0.1, 0.15) is 41.4 Å². The van der Waals surface area contributed by atoms with Crippen molar-refractivity contribution < 1.29 is 18.7 Å². The van der Waals surface area contributed by atoms with Crippen LogP contribution in [0.3, 0.4) is 0 Å². The first-order chi connectivity index (χ1) is 18.1. The van der Waals surface area contributed by atoms with Gasteiger partial charge in [-0.25, -0.2) is 4.39 Å². The molecule has 4 rings (SSSR count). The van der Waals surface area contributed by atoms with Crippen LogP contribution in [0, 0.1) is 9.39 Å². The quantitative estimate of drug-likeness (QED) is 0.259. The number of halogens is 3. The summed E-state index contributed by atoms with van der Waals surface area (Å²) >= 11 is 8.32. The molecule has 38 heavy (non-hydrogen) atoms. The Morgan fingerprint density at radius 3 is 2.50 bits per heavy atom. The topological polar surface area (TPSA) is 75.9 Å². The fourth-order valence-electron chi connectivity index (χ4n) is 4.68. The second-order valence-electron chi connectivity index (χ2n) is 9.59. The summed E-state index contributed by atoms with van der Waals surface area (Å²) in [4.78, 5) is 30.4. The van der Waals surface area contributed by atoms with E-state index < -0.39 is 6.04 Å². The zero-order valence-electron chi connectivity index (χ0n) is 21.2. The normalized spacial score (nSPS) is 18.7. The first-order valence-electron chi connectivity index (χ1n) is 12.4. The van der Waals surface area contributed by atoms with Crippen molar-refractivity contribution in [1.82, 2.24) is 9.80 Å². The van der Waals surface area contributed by atoms with Gasteiger partial charge in [0.05, 0.1) is 6.04 Å². The minimum atomic E-state index is -0.997. The molecule has 0 aliphatic carbocycles. The predicted molar refractivity (Wildman–Crippen MR) is 155 cm³/mol. The molecule has 1 fully saturated rings. The van der Waals surface area contributed by atoms with E-state index in [0.29, 0.717) is 41.5 Å². The van der Waals surface area contributed by atoms with Gasteiger partial charge < -0.3 is 15.4 Å². The molecule has 6 nitrogen and oxygen atoms in total. The summed E-state index contributed by atoms with van der Waals surface area (Å²) in [6.07, 6.45) is 0. The lowest BCUT2D eigenvalue weighted by Crippen LogP contribution is -2.58. The molecule has 3 aromatic rings. The van der Waals surface area contributed by atoms with Crippen LogP contribution < -0.4 is 10.5 Å². The van der Waals surface area contributed by atoms with Gasteiger partial charge in [0.25, 0.3) is 5.91 Å². The lowest BCUT2D eigenvalue weighted by atomic mass is 9.97. The van der Waals surface area contributed by atoms with E-state index in [2.05, 4.69) is 34.4 Å². The van der Waals surface area contributed by atoms with Crippen molar-refractivity contribution in [2.45, 2.75) is 38.5 Å². The van der Waals surface area contributed by atoms with Gasteiger partial charge in [0.2, 0.25) is 0 Å². The van der Waals surface area contributed by atoms with Gasteiger partial charge in [-0.1, -0.05) is 41.9 Å². The van der Waals surface area contributed by atoms with Crippen LogP contribution >= 0.6 is 34.2 Å². The molecule has 1 unspecified atom stereocenters. The summed E-state index contributed by atoms with van der Waals surface area (Å²) in [6.45, 7) is 5.81. The van der Waals surface area contributed by atoms with Crippen molar-refractivity contribution in [1.29, 1.82) is 0 Å². The number of carbonyl (C=O) groups is 2. The van der Waals surface area contributed by atoms with Crippen molar-refractivity contribution >= 4 is 45.9 Å². The fraction of sp³-hybridized carbons (Fsp3) is 0.310. The number of ether oxygens (including phenoxy) is 1. The molecule has 1 amide bonds. The minimum absolute atomic E-state index is 0.0311. The molecule has 1 heterocycles. The van der Waals surface area contributed by atoms with E-state index in [4.69, 9.17) is 22.1 Å². The molecule has 0 radical (unpaired) electrons. The largest absolute Gasteiger partial charge is 0.483 e. The number of nitrogens with zero attached hydrogens (tertiary/aromatic N) is 2. The van der Waals surface area contributed by atoms with Gasteiger partial charge in [-0.15, -0.1) is 0 Å². The Balaban J connectivity index is 1.41. The minimum Gasteiger partial charge on any atom is -0.483 e. The van der Waals surface area contributed by atoms with Crippen LogP contribution in [-0.4, -0.2) is 53.3 Å². The summed E-state index contributed by atoms with van der Waals surface area (Å²) in [5.41, 5.74) is 8.35. The molecular weight excluding hydrogens is 620 g/mol. The van der Waals surface area contributed by atoms with Crippen LogP contribution in [-0.2, 0) is 11.3 Å². The number of Topliss-reactive ketones (excluding diaryl/α,β-unsaturated/α-hetero) is 1. The van der Waals surface area contributed by atoms with Crippen molar-refractivity contribution in [2.75, 3.05) is 19.7 Å². The number of hydrogen-bond acceptors (Lipinski definition) is 5. The number of nitrogens with two attached hydrogens (primary N) is 1. The molecule has 9 heteroatoms. The van der Waals surface area contributed by atoms with Crippen LogP contribution in [0.15, 0.2) is 66.7 Å². The average molecular weight is 650 g/mol. The van der Waals surface area contributed by atoms with E-state index in [0.717, 1.165) is 9.13 Å². The van der Waals surface area contributed by atoms with E-state index in [9.17, 15) is 14.0 Å². The highest BCUT2D eigenvalue weighted by atomic mass is 127. The summed E-state index contributed by atoms with van der Waals surface area (Å²) in [5.74, 6) is -0.308. The monoisotopic (exact) mass is 649 g/mol. The van der Waals surface area contributed by atoms with Gasteiger partial charge in [-0.3, -0.25) is 14.5 Å². The Hall–Kier alpha value is -2.53. The summed E-state index contributed by atoms with van der Waals surface area (Å²) in [5, 5.41) is 0.421. The van der Waals surface area contributed by atoms with Crippen LogP contribution in [0.25, 0.3) is 0 Å². The Morgan fingerprint density at radius 1 is 1.08 bits per heavy atom. The van der Waals surface area contributed by atoms with E-state index in [1.165, 1.54) is 12.1 Å². The van der Waals surface area contributed by atoms with Crippen molar-refractivity contribution in [3.63, 3.8) is 0 Å². The Kier molecular flexibility index (Phi) is 9.40. The first-order valence-corrected chi connectivity index (χ1v) is 13.8. The van der Waals surface area contributed by atoms with Gasteiger partial charge in [0.1, 0.15) is 11.6 Å². The number of ketones is 1. The number of amides is 1. The van der Waals surface area contributed by atoms with Gasteiger partial charge >= 0.3 is 0 Å². The molecule has 200 valence electrons. The van der Waals surface area contributed by atoms with Crippen LogP contribution in [0.2, 0.25) is 5.02 Å². The number of benzene rings is 3. The molecule has 3 atom stereocenters. The molecule has 2 N–H and O–H groups in total. The lowest BCUT2D eigenvalue weighted by molar-refractivity contribution is -0.139. The van der Waals surface area contributed by atoms with Crippen molar-refractivity contribution in [2.24, 2.45) is 5.73 Å². The number of piperazine rings is 1. The molecule has 0 bridgehead atoms. The van der Waals surface area contributed by atoms with Crippen LogP contribution in [0.5, 0.6) is 5.75 Å². The summed E-state index contributed by atoms with van der Waals surface area (Å²) in [6, 6.07) is 17.7. The second kappa shape index (κ2) is 12.5. The summed E-state index contributed by atoms with van der Waals surface area (Å²) in [7, 11) is 0. The highest BCUT2D eigenvalue weighted by Crippen LogP contribution is 2.30. The molecule has 1 saturated heterocycles. The fourth-order valence-corrected chi connectivity index (χ4v) is 5.51. The summed E-state index contributed by atoms with van der Waals surface area (Å²) < 4.78 is 20.0. The molecule has 0 spiro atoms. The third-order valence-corrected chi connectivity index (χ3v) is 7.99. The Morgan fingerprint density at radius 2 is 1.79 bits per heavy atom. The molecular formula is C29H30ClFIN3O3. The highest BCUT2D eigenvalue weighted by molar-refractivity contribution is 14.1. The SMILES string of the molecule is C[C@@H]1CN(Cc2ccc(F)cc2)[C@@H](C)CN1C(=O)COc1ccc(Cl)cc1C(N)C(=O)c1ccccc1I. The van der Waals surface area contributed by atoms with Crippen molar-refractivity contribution in [3.8, 4) is 5.75 Å². The van der Waals surface area contributed by atoms with E-state index >= 15 is 0 Å². The van der Waals surface area contributed by atoms with E-state index in [1.807, 2.05) is 24.0 Å². The van der Waals surface area contributed by atoms with Gasteiger partial charge in [0, 0.05) is 51.4 Å². The Labute approximate surface area is 241 Å². The molecule has 0 saturated carbocycles. The molecule has 3 aromatic carbocycles. The standard InChI is InChI=1S/C29H30ClFIN3O3/c1-18-15-35(19(2)14-34(18)16-20-7-10-22(31)11-8-20)27(36)17-38-26-12-9-21(30)13-24(26)28(33)29(37)23-5-3-4-6-25(23)32/h3-13,18-19,28H,14-17,33H2,1-2H3/t18-,19+,28?/m0/s1. The number of hydrogen-bond donors (Lipinski definition) is 1. The predicted octanol–water partition coefficient (Wildman–Crippen LogP) is 5.47. The van der Waals surface area contributed by atoms with E-state index in [-0.39, 0.29) is 36.2 Å². The van der Waals surface area contributed by atoms with Gasteiger partial charge in [-0.2, -0.15) is 0 Å². The number of rotatable bonds is 8. The maximum atomic E-state index is 13.3. The van der Waals surface area contributed by atoms with E-state index in [1.54, 1.807) is 42.5 Å². The Bertz CT molecular complexity index is 1310. The van der Waals surface area contributed by atoms with Gasteiger partial charge in [0.15, 0.2) is 12.4 Å². The highest BCUT2D eigenvalue weighted by Gasteiger charge is 2.32. The maximum Gasteiger partial charge on any atom is 0.260 e. The van der Waals surface area contributed by atoms with Crippen LogP contribution in [0.4, 0.5) is 4.39 Å². The third-order valence-electron chi connectivity index (χ3n) is 6.81. The average Bonchev–Trinajstić information content (AvgIpc) is 2.90. The van der Waals surface area contributed by atoms with Crippen molar-refractivity contribution in [3.05, 3.63) is 97.8 Å².